The molecule has 0 aliphatic heterocycles. The van der Waals surface area contributed by atoms with Gasteiger partial charge in [-0.1, -0.05) is 18.2 Å². The van der Waals surface area contributed by atoms with Crippen LogP contribution in [0, 0.1) is 5.82 Å². The SMILES string of the molecule is COc1ccccc1/C=C/C=N\NC(=S)Nc1ccc(F)cc1. The third kappa shape index (κ3) is 5.52. The summed E-state index contributed by atoms with van der Waals surface area (Å²) in [6, 6.07) is 13.6. The minimum atomic E-state index is -0.297. The summed E-state index contributed by atoms with van der Waals surface area (Å²) < 4.78 is 18.0. The summed E-state index contributed by atoms with van der Waals surface area (Å²) in [7, 11) is 1.63. The number of halogens is 1. The third-order valence-corrected chi connectivity index (χ3v) is 3.04. The van der Waals surface area contributed by atoms with Gasteiger partial charge in [0, 0.05) is 17.5 Å². The zero-order valence-corrected chi connectivity index (χ0v) is 13.3. The van der Waals surface area contributed by atoms with E-state index in [1.807, 2.05) is 30.3 Å². The van der Waals surface area contributed by atoms with Crippen molar-refractivity contribution in [3.63, 3.8) is 0 Å². The molecule has 23 heavy (non-hydrogen) atoms. The average molecular weight is 329 g/mol. The second kappa shape index (κ2) is 8.65. The minimum Gasteiger partial charge on any atom is -0.496 e. The molecule has 2 rings (SSSR count). The zero-order valence-electron chi connectivity index (χ0n) is 12.5. The number of hydrazone groups is 1. The fraction of sp³-hybridized carbons (Fsp3) is 0.0588. The molecule has 6 heteroatoms. The maximum absolute atomic E-state index is 12.8. The van der Waals surface area contributed by atoms with Gasteiger partial charge in [-0.3, -0.25) is 5.43 Å². The van der Waals surface area contributed by atoms with E-state index >= 15 is 0 Å². The van der Waals surface area contributed by atoms with Crippen LogP contribution in [0.15, 0.2) is 59.7 Å². The molecule has 0 heterocycles. The smallest absolute Gasteiger partial charge is 0.191 e. The van der Waals surface area contributed by atoms with Crippen molar-refractivity contribution >= 4 is 35.3 Å². The number of methoxy groups -OCH3 is 1. The summed E-state index contributed by atoms with van der Waals surface area (Å²) in [5, 5.41) is 7.19. The van der Waals surface area contributed by atoms with Crippen molar-refractivity contribution in [2.75, 3.05) is 12.4 Å². The highest BCUT2D eigenvalue weighted by molar-refractivity contribution is 7.80. The number of nitrogens with one attached hydrogen (secondary N) is 2. The molecule has 118 valence electrons. The minimum absolute atomic E-state index is 0.297. The molecular weight excluding hydrogens is 313 g/mol. The first-order valence-electron chi connectivity index (χ1n) is 6.84. The molecule has 0 saturated carbocycles. The van der Waals surface area contributed by atoms with E-state index in [2.05, 4.69) is 15.8 Å². The summed E-state index contributed by atoms with van der Waals surface area (Å²) in [5.41, 5.74) is 4.31. The second-order valence-corrected chi connectivity index (χ2v) is 4.86. The molecule has 0 atom stereocenters. The van der Waals surface area contributed by atoms with Gasteiger partial charge in [-0.15, -0.1) is 0 Å². The Hall–Kier alpha value is -2.73. The largest absolute Gasteiger partial charge is 0.496 e. The molecule has 0 saturated heterocycles. The normalized spacial score (nSPS) is 10.9. The highest BCUT2D eigenvalue weighted by Gasteiger charge is 1.96. The lowest BCUT2D eigenvalue weighted by Crippen LogP contribution is -2.23. The molecule has 0 spiro atoms. The Morgan fingerprint density at radius 3 is 2.65 bits per heavy atom. The number of benzene rings is 2. The molecule has 2 aromatic carbocycles. The number of nitrogens with zero attached hydrogens (tertiary/aromatic N) is 1. The number of ether oxygens (including phenoxy) is 1. The maximum atomic E-state index is 12.8. The van der Waals surface area contributed by atoms with Crippen LogP contribution in [0.4, 0.5) is 10.1 Å². The van der Waals surface area contributed by atoms with E-state index in [0.717, 1.165) is 11.3 Å². The standard InChI is InChI=1S/C17H16FN3OS/c1-22-16-7-3-2-5-13(16)6-4-12-19-21-17(23)20-15-10-8-14(18)9-11-15/h2-12H,1H3,(H2,20,21,23)/b6-4+,19-12-. The van der Waals surface area contributed by atoms with Crippen LogP contribution in [-0.4, -0.2) is 18.4 Å². The monoisotopic (exact) mass is 329 g/mol. The lowest BCUT2D eigenvalue weighted by atomic mass is 10.2. The molecule has 0 unspecified atom stereocenters. The average Bonchev–Trinajstić information content (AvgIpc) is 2.57. The van der Waals surface area contributed by atoms with Crippen LogP contribution >= 0.6 is 12.2 Å². The van der Waals surface area contributed by atoms with Crippen LogP contribution in [0.25, 0.3) is 6.08 Å². The van der Waals surface area contributed by atoms with Gasteiger partial charge in [0.25, 0.3) is 0 Å². The number of para-hydroxylation sites is 1. The van der Waals surface area contributed by atoms with Gasteiger partial charge in [-0.2, -0.15) is 5.10 Å². The predicted molar refractivity (Wildman–Crippen MR) is 96.3 cm³/mol. The van der Waals surface area contributed by atoms with E-state index in [1.165, 1.54) is 12.1 Å². The van der Waals surface area contributed by atoms with E-state index < -0.39 is 0 Å². The van der Waals surface area contributed by atoms with Crippen molar-refractivity contribution in [1.29, 1.82) is 0 Å². The molecule has 0 bridgehead atoms. The van der Waals surface area contributed by atoms with Gasteiger partial charge in [0.15, 0.2) is 5.11 Å². The van der Waals surface area contributed by atoms with Gasteiger partial charge < -0.3 is 10.1 Å². The molecule has 4 nitrogen and oxygen atoms in total. The molecular formula is C17H16FN3OS. The Morgan fingerprint density at radius 2 is 1.91 bits per heavy atom. The maximum Gasteiger partial charge on any atom is 0.191 e. The fourth-order valence-corrected chi connectivity index (χ4v) is 1.95. The van der Waals surface area contributed by atoms with Gasteiger partial charge in [0.05, 0.1) is 7.11 Å². The quantitative estimate of drug-likeness (QED) is 0.497. The van der Waals surface area contributed by atoms with Crippen molar-refractivity contribution in [1.82, 2.24) is 5.43 Å². The fourth-order valence-electron chi connectivity index (χ4n) is 1.78. The Balaban J connectivity index is 1.83. The summed E-state index contributed by atoms with van der Waals surface area (Å²) in [5.74, 6) is 0.493. The summed E-state index contributed by atoms with van der Waals surface area (Å²) >= 11 is 5.08. The number of thiocarbonyl (C=S) groups is 1. The lowest BCUT2D eigenvalue weighted by molar-refractivity contribution is 0.414. The molecule has 2 aromatic rings. The van der Waals surface area contributed by atoms with Crippen LogP contribution in [0.5, 0.6) is 5.75 Å². The molecule has 0 radical (unpaired) electrons. The van der Waals surface area contributed by atoms with Gasteiger partial charge in [-0.05, 0) is 54.7 Å². The van der Waals surface area contributed by atoms with Crippen LogP contribution in [-0.2, 0) is 0 Å². The Bertz CT molecular complexity index is 714. The van der Waals surface area contributed by atoms with Crippen molar-refractivity contribution in [2.45, 2.75) is 0 Å². The van der Waals surface area contributed by atoms with Crippen molar-refractivity contribution in [2.24, 2.45) is 5.10 Å². The molecule has 0 fully saturated rings. The predicted octanol–water partition coefficient (Wildman–Crippen LogP) is 3.82. The van der Waals surface area contributed by atoms with Crippen LogP contribution in [0.3, 0.4) is 0 Å². The van der Waals surface area contributed by atoms with Gasteiger partial charge in [0.1, 0.15) is 11.6 Å². The molecule has 0 aliphatic rings. The van der Waals surface area contributed by atoms with E-state index in [4.69, 9.17) is 17.0 Å². The van der Waals surface area contributed by atoms with E-state index in [-0.39, 0.29) is 5.82 Å². The Kier molecular flexibility index (Phi) is 6.26. The Labute approximate surface area is 139 Å². The van der Waals surface area contributed by atoms with Crippen LogP contribution in [0.1, 0.15) is 5.56 Å². The van der Waals surface area contributed by atoms with Crippen LogP contribution in [0.2, 0.25) is 0 Å². The molecule has 2 N–H and O–H groups in total. The first-order valence-corrected chi connectivity index (χ1v) is 7.25. The van der Waals surface area contributed by atoms with Crippen molar-refractivity contribution < 1.29 is 9.13 Å². The van der Waals surface area contributed by atoms with E-state index in [9.17, 15) is 4.39 Å². The van der Waals surface area contributed by atoms with Crippen molar-refractivity contribution in [3.05, 3.63) is 66.0 Å². The third-order valence-electron chi connectivity index (χ3n) is 2.84. The van der Waals surface area contributed by atoms with E-state index in [1.54, 1.807) is 31.5 Å². The number of hydrogen-bond acceptors (Lipinski definition) is 3. The molecule has 0 amide bonds. The summed E-state index contributed by atoms with van der Waals surface area (Å²) in [6.07, 6.45) is 5.22. The number of allylic oxidation sites excluding steroid dienone is 1. The topological polar surface area (TPSA) is 45.6 Å². The number of hydrogen-bond donors (Lipinski definition) is 2. The highest BCUT2D eigenvalue weighted by atomic mass is 32.1. The van der Waals surface area contributed by atoms with E-state index in [0.29, 0.717) is 10.8 Å². The molecule has 0 aliphatic carbocycles. The lowest BCUT2D eigenvalue weighted by Gasteiger charge is -2.06. The molecule has 0 aromatic heterocycles. The zero-order chi connectivity index (χ0) is 16.5. The highest BCUT2D eigenvalue weighted by Crippen LogP contribution is 2.18. The summed E-state index contributed by atoms with van der Waals surface area (Å²) in [6.45, 7) is 0. The van der Waals surface area contributed by atoms with Gasteiger partial charge in [0.2, 0.25) is 0 Å². The van der Waals surface area contributed by atoms with Gasteiger partial charge >= 0.3 is 0 Å². The second-order valence-electron chi connectivity index (χ2n) is 4.45. The first kappa shape index (κ1) is 16.6. The number of rotatable bonds is 5. The summed E-state index contributed by atoms with van der Waals surface area (Å²) in [4.78, 5) is 0. The van der Waals surface area contributed by atoms with Crippen LogP contribution < -0.4 is 15.5 Å². The van der Waals surface area contributed by atoms with Gasteiger partial charge in [-0.25, -0.2) is 4.39 Å². The Morgan fingerprint density at radius 1 is 1.17 bits per heavy atom. The number of anilines is 1. The first-order chi connectivity index (χ1) is 11.2. The van der Waals surface area contributed by atoms with Crippen molar-refractivity contribution in [3.8, 4) is 5.75 Å².